The number of amides is 2. The van der Waals surface area contributed by atoms with E-state index in [-0.39, 0.29) is 13.2 Å². The molecule has 172 valence electrons. The largest absolute Gasteiger partial charge is 0.481 e. The van der Waals surface area contributed by atoms with E-state index in [0.29, 0.717) is 22.8 Å². The first-order valence-corrected chi connectivity index (χ1v) is 12.6. The predicted octanol–water partition coefficient (Wildman–Crippen LogP) is 4.53. The van der Waals surface area contributed by atoms with Crippen LogP contribution in [0.2, 0.25) is 0 Å². The molecule has 32 heavy (non-hydrogen) atoms. The standard InChI is InChI=1S/C23H28N2O5S2/c1-23(10-11-31-2,14-32-17-6-4-3-5-7-17)25-22(28)24-18(13-21(26)27)16-8-9-19-20(12-16)30-15-29-19/h3-9,12,18H,10-11,13-15H2,1-2H3,(H,26,27)(H2,24,25,28)/t18-,23-/m0/s1. The lowest BCUT2D eigenvalue weighted by atomic mass is 10.0. The molecule has 1 heterocycles. The van der Waals surface area contributed by atoms with Gasteiger partial charge in [-0.25, -0.2) is 4.79 Å². The predicted molar refractivity (Wildman–Crippen MR) is 128 cm³/mol. The van der Waals surface area contributed by atoms with Crippen LogP contribution in [0.3, 0.4) is 0 Å². The molecule has 2 aromatic carbocycles. The Bertz CT molecular complexity index is 928. The molecule has 0 fully saturated rings. The van der Waals surface area contributed by atoms with Crippen LogP contribution in [0.15, 0.2) is 53.4 Å². The molecule has 2 atom stereocenters. The summed E-state index contributed by atoms with van der Waals surface area (Å²) in [6, 6.07) is 14.1. The molecule has 0 saturated carbocycles. The van der Waals surface area contributed by atoms with E-state index < -0.39 is 23.6 Å². The Morgan fingerprint density at radius 1 is 1.16 bits per heavy atom. The average Bonchev–Trinajstić information content (AvgIpc) is 3.24. The van der Waals surface area contributed by atoms with Crippen molar-refractivity contribution in [3.8, 4) is 11.5 Å². The van der Waals surface area contributed by atoms with Gasteiger partial charge in [0.25, 0.3) is 0 Å². The second-order valence-electron chi connectivity index (χ2n) is 7.77. The first-order chi connectivity index (χ1) is 15.4. The van der Waals surface area contributed by atoms with Crippen LogP contribution >= 0.6 is 23.5 Å². The Labute approximate surface area is 196 Å². The van der Waals surface area contributed by atoms with Crippen molar-refractivity contribution in [2.75, 3.05) is 24.6 Å². The Morgan fingerprint density at radius 2 is 1.91 bits per heavy atom. The molecule has 0 unspecified atom stereocenters. The fraction of sp³-hybridized carbons (Fsp3) is 0.391. The summed E-state index contributed by atoms with van der Waals surface area (Å²) in [5.41, 5.74) is 0.187. The number of thioether (sulfide) groups is 2. The lowest BCUT2D eigenvalue weighted by Crippen LogP contribution is -2.53. The van der Waals surface area contributed by atoms with Gasteiger partial charge in [-0.3, -0.25) is 4.79 Å². The molecule has 3 rings (SSSR count). The SMILES string of the molecule is CSCC[C@@](C)(CSc1ccccc1)NC(=O)N[C@@H](CC(=O)O)c1ccc2c(c1)OCO2. The third kappa shape index (κ3) is 7.00. The van der Waals surface area contributed by atoms with Crippen LogP contribution in [-0.2, 0) is 4.79 Å². The van der Waals surface area contributed by atoms with Gasteiger partial charge in [0.05, 0.1) is 12.5 Å². The Hall–Kier alpha value is -2.52. The molecule has 2 amide bonds. The molecule has 0 saturated heterocycles. The van der Waals surface area contributed by atoms with Crippen molar-refractivity contribution in [1.82, 2.24) is 10.6 Å². The van der Waals surface area contributed by atoms with Crippen LogP contribution < -0.4 is 20.1 Å². The van der Waals surface area contributed by atoms with E-state index in [1.165, 1.54) is 0 Å². The van der Waals surface area contributed by atoms with Crippen molar-refractivity contribution >= 4 is 35.5 Å². The first-order valence-electron chi connectivity index (χ1n) is 10.3. The highest BCUT2D eigenvalue weighted by Crippen LogP contribution is 2.35. The van der Waals surface area contributed by atoms with Gasteiger partial charge in [0.2, 0.25) is 6.79 Å². The number of rotatable bonds is 11. The number of carboxylic acids is 1. The van der Waals surface area contributed by atoms with Crippen LogP contribution in [0.5, 0.6) is 11.5 Å². The van der Waals surface area contributed by atoms with Crippen LogP contribution in [0.1, 0.15) is 31.4 Å². The number of hydrogen-bond donors (Lipinski definition) is 3. The molecular formula is C23H28N2O5S2. The highest BCUT2D eigenvalue weighted by Gasteiger charge is 2.28. The van der Waals surface area contributed by atoms with Gasteiger partial charge in [-0.2, -0.15) is 11.8 Å². The zero-order valence-electron chi connectivity index (χ0n) is 18.1. The van der Waals surface area contributed by atoms with Crippen molar-refractivity contribution in [2.24, 2.45) is 0 Å². The Kier molecular flexibility index (Phi) is 8.58. The van der Waals surface area contributed by atoms with Crippen LogP contribution in [0.25, 0.3) is 0 Å². The van der Waals surface area contributed by atoms with Crippen LogP contribution in [0.4, 0.5) is 4.79 Å². The van der Waals surface area contributed by atoms with Gasteiger partial charge >= 0.3 is 12.0 Å². The number of nitrogens with one attached hydrogen (secondary N) is 2. The number of carbonyl (C=O) groups excluding carboxylic acids is 1. The molecule has 3 N–H and O–H groups in total. The summed E-state index contributed by atoms with van der Waals surface area (Å²) in [4.78, 5) is 25.5. The average molecular weight is 477 g/mol. The van der Waals surface area contributed by atoms with E-state index in [4.69, 9.17) is 9.47 Å². The molecule has 0 bridgehead atoms. The fourth-order valence-electron chi connectivity index (χ4n) is 3.28. The van der Waals surface area contributed by atoms with Crippen LogP contribution in [0, 0.1) is 0 Å². The van der Waals surface area contributed by atoms with E-state index in [2.05, 4.69) is 10.6 Å². The second-order valence-corrected chi connectivity index (χ2v) is 9.80. The minimum Gasteiger partial charge on any atom is -0.481 e. The maximum absolute atomic E-state index is 12.9. The molecule has 7 nitrogen and oxygen atoms in total. The van der Waals surface area contributed by atoms with Gasteiger partial charge in [-0.15, -0.1) is 11.8 Å². The molecule has 1 aliphatic heterocycles. The van der Waals surface area contributed by atoms with E-state index in [1.807, 2.05) is 43.5 Å². The van der Waals surface area contributed by atoms with Gasteiger partial charge in [0, 0.05) is 16.2 Å². The Morgan fingerprint density at radius 3 is 2.62 bits per heavy atom. The first kappa shape index (κ1) is 24.1. The molecule has 0 aromatic heterocycles. The number of aliphatic carboxylic acids is 1. The smallest absolute Gasteiger partial charge is 0.315 e. The van der Waals surface area contributed by atoms with Crippen LogP contribution in [-0.4, -0.2) is 47.2 Å². The summed E-state index contributed by atoms with van der Waals surface area (Å²) in [6.45, 7) is 2.15. The van der Waals surface area contributed by atoms with Gasteiger partial charge in [0.1, 0.15) is 0 Å². The van der Waals surface area contributed by atoms with Gasteiger partial charge in [-0.1, -0.05) is 24.3 Å². The van der Waals surface area contributed by atoms with Gasteiger partial charge in [-0.05, 0) is 55.2 Å². The highest BCUT2D eigenvalue weighted by molar-refractivity contribution is 7.99. The minimum absolute atomic E-state index is 0.128. The van der Waals surface area contributed by atoms with E-state index in [9.17, 15) is 14.7 Å². The zero-order chi connectivity index (χ0) is 23.0. The summed E-state index contributed by atoms with van der Waals surface area (Å²) < 4.78 is 10.7. The second kappa shape index (κ2) is 11.4. The lowest BCUT2D eigenvalue weighted by Gasteiger charge is -2.31. The number of carboxylic acid groups (broad SMARTS) is 1. The number of hydrogen-bond acceptors (Lipinski definition) is 6. The maximum Gasteiger partial charge on any atom is 0.315 e. The monoisotopic (exact) mass is 476 g/mol. The van der Waals surface area contributed by atoms with Crippen molar-refractivity contribution in [1.29, 1.82) is 0 Å². The fourth-order valence-corrected chi connectivity index (χ4v) is 4.99. The van der Waals surface area contributed by atoms with E-state index in [1.54, 1.807) is 41.7 Å². The number of fused-ring (bicyclic) bond motifs is 1. The molecule has 2 aromatic rings. The highest BCUT2D eigenvalue weighted by atomic mass is 32.2. The summed E-state index contributed by atoms with van der Waals surface area (Å²) in [6.07, 6.45) is 2.58. The summed E-state index contributed by atoms with van der Waals surface area (Å²) in [5.74, 6) is 1.74. The molecule has 1 aliphatic rings. The van der Waals surface area contributed by atoms with E-state index in [0.717, 1.165) is 17.1 Å². The molecule has 0 spiro atoms. The minimum atomic E-state index is -1.00. The molecule has 0 aliphatic carbocycles. The number of benzene rings is 2. The zero-order valence-corrected chi connectivity index (χ0v) is 19.8. The quantitative estimate of drug-likeness (QED) is 0.410. The Balaban J connectivity index is 1.69. The normalized spacial score (nSPS) is 14.9. The lowest BCUT2D eigenvalue weighted by molar-refractivity contribution is -0.137. The van der Waals surface area contributed by atoms with Gasteiger partial charge in [0.15, 0.2) is 11.5 Å². The summed E-state index contributed by atoms with van der Waals surface area (Å²) in [5, 5.41) is 15.3. The maximum atomic E-state index is 12.9. The van der Waals surface area contributed by atoms with Crippen molar-refractivity contribution in [3.05, 3.63) is 54.1 Å². The van der Waals surface area contributed by atoms with Crippen molar-refractivity contribution < 1.29 is 24.2 Å². The number of ether oxygens (including phenoxy) is 2. The summed E-state index contributed by atoms with van der Waals surface area (Å²) in [7, 11) is 0. The topological polar surface area (TPSA) is 96.9 Å². The van der Waals surface area contributed by atoms with Gasteiger partial charge < -0.3 is 25.2 Å². The summed E-state index contributed by atoms with van der Waals surface area (Å²) >= 11 is 3.41. The van der Waals surface area contributed by atoms with Crippen molar-refractivity contribution in [2.45, 2.75) is 36.2 Å². The van der Waals surface area contributed by atoms with E-state index >= 15 is 0 Å². The molecular weight excluding hydrogens is 448 g/mol. The molecule has 9 heteroatoms. The molecule has 0 radical (unpaired) electrons. The van der Waals surface area contributed by atoms with Crippen molar-refractivity contribution in [3.63, 3.8) is 0 Å². The number of carbonyl (C=O) groups is 2. The number of urea groups is 1. The third-order valence-corrected chi connectivity index (χ3v) is 7.06. The third-order valence-electron chi connectivity index (χ3n) is 5.06.